The molecule has 3 aromatic rings. The van der Waals surface area contributed by atoms with Crippen molar-refractivity contribution in [1.82, 2.24) is 9.88 Å². The topological polar surface area (TPSA) is 66.9 Å². The second-order valence-corrected chi connectivity index (χ2v) is 8.10. The van der Waals surface area contributed by atoms with E-state index < -0.39 is 0 Å². The molecule has 2 amide bonds. The van der Waals surface area contributed by atoms with Gasteiger partial charge in [-0.25, -0.2) is 9.78 Å². The Labute approximate surface area is 180 Å². The fourth-order valence-electron chi connectivity index (χ4n) is 3.50. The van der Waals surface area contributed by atoms with Gasteiger partial charge in [0.1, 0.15) is 17.0 Å². The van der Waals surface area contributed by atoms with Crippen LogP contribution >= 0.6 is 11.3 Å². The lowest BCUT2D eigenvalue weighted by molar-refractivity contribution is 0.208. The van der Waals surface area contributed by atoms with Crippen molar-refractivity contribution < 1.29 is 14.3 Å². The fourth-order valence-corrected chi connectivity index (χ4v) is 4.61. The average molecular weight is 427 g/mol. The molecule has 0 atom stereocenters. The van der Waals surface area contributed by atoms with Crippen LogP contribution in [0.5, 0.6) is 11.5 Å². The van der Waals surface area contributed by atoms with Crippen molar-refractivity contribution in [2.75, 3.05) is 50.1 Å². The average Bonchev–Trinajstić information content (AvgIpc) is 3.22. The van der Waals surface area contributed by atoms with E-state index in [1.54, 1.807) is 18.4 Å². The first-order valence-electron chi connectivity index (χ1n) is 10.1. The van der Waals surface area contributed by atoms with Gasteiger partial charge in [-0.1, -0.05) is 17.4 Å². The van der Waals surface area contributed by atoms with Crippen LogP contribution in [0.4, 0.5) is 15.6 Å². The molecule has 0 unspecified atom stereocenters. The van der Waals surface area contributed by atoms with E-state index in [1.165, 1.54) is 5.56 Å². The molecule has 0 saturated carbocycles. The molecule has 0 bridgehead atoms. The Hall–Kier alpha value is -3.00. The van der Waals surface area contributed by atoms with Crippen molar-refractivity contribution in [2.24, 2.45) is 0 Å². The van der Waals surface area contributed by atoms with E-state index >= 15 is 0 Å². The van der Waals surface area contributed by atoms with Crippen molar-refractivity contribution >= 4 is 38.4 Å². The number of nitrogens with one attached hydrogen (secondary N) is 1. The number of anilines is 2. The van der Waals surface area contributed by atoms with Crippen molar-refractivity contribution in [1.29, 1.82) is 0 Å². The standard InChI is InChI=1S/C22H26N4O3S/c1-4-29-17-8-6-16(7-9-17)23-21(27)25-11-13-26(14-12-25)22-24-19-18(28-3)10-5-15(2)20(19)30-22/h5-10H,4,11-14H2,1-3H3,(H,23,27). The molecule has 0 aliphatic carbocycles. The minimum Gasteiger partial charge on any atom is -0.494 e. The number of amides is 2. The van der Waals surface area contributed by atoms with E-state index in [0.717, 1.165) is 45.6 Å². The number of ether oxygens (including phenoxy) is 2. The number of fused-ring (bicyclic) bond motifs is 1. The summed E-state index contributed by atoms with van der Waals surface area (Å²) in [6.07, 6.45) is 0. The molecule has 2 aromatic carbocycles. The van der Waals surface area contributed by atoms with Crippen LogP contribution < -0.4 is 19.7 Å². The summed E-state index contributed by atoms with van der Waals surface area (Å²) in [4.78, 5) is 21.5. The Bertz CT molecular complexity index is 1030. The van der Waals surface area contributed by atoms with Crippen LogP contribution in [-0.2, 0) is 0 Å². The van der Waals surface area contributed by atoms with Gasteiger partial charge in [0.15, 0.2) is 5.13 Å². The molecule has 1 aromatic heterocycles. The number of carbonyl (C=O) groups is 1. The Morgan fingerprint density at radius 2 is 1.87 bits per heavy atom. The molecule has 4 rings (SSSR count). The van der Waals surface area contributed by atoms with Crippen LogP contribution in [0, 0.1) is 6.92 Å². The van der Waals surface area contributed by atoms with E-state index in [1.807, 2.05) is 42.2 Å². The van der Waals surface area contributed by atoms with E-state index in [2.05, 4.69) is 23.2 Å². The summed E-state index contributed by atoms with van der Waals surface area (Å²) >= 11 is 1.68. The zero-order chi connectivity index (χ0) is 21.1. The number of piperazine rings is 1. The number of methoxy groups -OCH3 is 1. The van der Waals surface area contributed by atoms with Crippen LogP contribution in [-0.4, -0.2) is 55.8 Å². The van der Waals surface area contributed by atoms with Gasteiger partial charge in [0.2, 0.25) is 0 Å². The lowest BCUT2D eigenvalue weighted by Crippen LogP contribution is -2.50. The third-order valence-corrected chi connectivity index (χ3v) is 6.42. The SMILES string of the molecule is CCOc1ccc(NC(=O)N2CCN(c3nc4c(OC)ccc(C)c4s3)CC2)cc1. The van der Waals surface area contributed by atoms with Gasteiger partial charge in [-0.15, -0.1) is 0 Å². The van der Waals surface area contributed by atoms with E-state index in [4.69, 9.17) is 14.5 Å². The predicted octanol–water partition coefficient (Wildman–Crippen LogP) is 4.37. The molecule has 7 nitrogen and oxygen atoms in total. The first-order valence-corrected chi connectivity index (χ1v) is 10.9. The predicted molar refractivity (Wildman–Crippen MR) is 121 cm³/mol. The van der Waals surface area contributed by atoms with Gasteiger partial charge in [-0.2, -0.15) is 0 Å². The molecular weight excluding hydrogens is 400 g/mol. The van der Waals surface area contributed by atoms with Crippen molar-refractivity contribution in [3.8, 4) is 11.5 Å². The van der Waals surface area contributed by atoms with E-state index in [9.17, 15) is 4.79 Å². The van der Waals surface area contributed by atoms with Crippen molar-refractivity contribution in [3.05, 3.63) is 42.0 Å². The van der Waals surface area contributed by atoms with E-state index in [0.29, 0.717) is 19.7 Å². The fraction of sp³-hybridized carbons (Fsp3) is 0.364. The normalized spacial score (nSPS) is 14.1. The third-order valence-electron chi connectivity index (χ3n) is 5.17. The molecule has 1 aliphatic rings. The first kappa shape index (κ1) is 20.3. The largest absolute Gasteiger partial charge is 0.494 e. The highest BCUT2D eigenvalue weighted by Crippen LogP contribution is 2.36. The molecule has 0 radical (unpaired) electrons. The number of carbonyl (C=O) groups excluding carboxylic acids is 1. The summed E-state index contributed by atoms with van der Waals surface area (Å²) in [6.45, 7) is 7.45. The number of aryl methyl sites for hydroxylation is 1. The third kappa shape index (κ3) is 4.14. The van der Waals surface area contributed by atoms with Crippen LogP contribution in [0.2, 0.25) is 0 Å². The molecular formula is C22H26N4O3S. The number of nitrogens with zero attached hydrogens (tertiary/aromatic N) is 3. The number of urea groups is 1. The maximum absolute atomic E-state index is 12.6. The summed E-state index contributed by atoms with van der Waals surface area (Å²) in [5.41, 5.74) is 2.87. The summed E-state index contributed by atoms with van der Waals surface area (Å²) in [5.74, 6) is 1.60. The van der Waals surface area contributed by atoms with Gasteiger partial charge in [-0.05, 0) is 49.7 Å². The smallest absolute Gasteiger partial charge is 0.321 e. The van der Waals surface area contributed by atoms with Gasteiger partial charge < -0.3 is 24.6 Å². The monoisotopic (exact) mass is 426 g/mol. The lowest BCUT2D eigenvalue weighted by atomic mass is 10.2. The van der Waals surface area contributed by atoms with Gasteiger partial charge >= 0.3 is 6.03 Å². The van der Waals surface area contributed by atoms with Crippen LogP contribution in [0.1, 0.15) is 12.5 Å². The first-order chi connectivity index (χ1) is 14.6. The number of benzene rings is 2. The highest BCUT2D eigenvalue weighted by molar-refractivity contribution is 7.22. The molecule has 1 saturated heterocycles. The minimum absolute atomic E-state index is 0.0828. The minimum atomic E-state index is -0.0828. The summed E-state index contributed by atoms with van der Waals surface area (Å²) < 4.78 is 12.1. The van der Waals surface area contributed by atoms with Gasteiger partial charge in [0.05, 0.1) is 18.4 Å². The molecule has 1 aliphatic heterocycles. The van der Waals surface area contributed by atoms with Crippen molar-refractivity contribution in [2.45, 2.75) is 13.8 Å². The molecule has 30 heavy (non-hydrogen) atoms. The molecule has 0 spiro atoms. The number of hydrogen-bond acceptors (Lipinski definition) is 6. The zero-order valence-corrected chi connectivity index (χ0v) is 18.3. The summed E-state index contributed by atoms with van der Waals surface area (Å²) in [7, 11) is 1.67. The number of hydrogen-bond donors (Lipinski definition) is 1. The summed E-state index contributed by atoms with van der Waals surface area (Å²) in [6, 6.07) is 11.4. The number of thiazole rings is 1. The van der Waals surface area contributed by atoms with Gasteiger partial charge in [-0.3, -0.25) is 0 Å². The Morgan fingerprint density at radius 1 is 1.13 bits per heavy atom. The maximum Gasteiger partial charge on any atom is 0.321 e. The van der Waals surface area contributed by atoms with Gasteiger partial charge in [0.25, 0.3) is 0 Å². The molecule has 1 fully saturated rings. The lowest BCUT2D eigenvalue weighted by Gasteiger charge is -2.34. The second-order valence-electron chi connectivity index (χ2n) is 7.12. The Morgan fingerprint density at radius 3 is 2.53 bits per heavy atom. The van der Waals surface area contributed by atoms with Crippen LogP contribution in [0.3, 0.4) is 0 Å². The highest BCUT2D eigenvalue weighted by atomic mass is 32.1. The molecule has 2 heterocycles. The van der Waals surface area contributed by atoms with Crippen molar-refractivity contribution in [3.63, 3.8) is 0 Å². The van der Waals surface area contributed by atoms with Crippen LogP contribution in [0.25, 0.3) is 10.2 Å². The molecule has 8 heteroatoms. The molecule has 1 N–H and O–H groups in total. The zero-order valence-electron chi connectivity index (χ0n) is 17.5. The number of aromatic nitrogens is 1. The molecule has 158 valence electrons. The maximum atomic E-state index is 12.6. The summed E-state index contributed by atoms with van der Waals surface area (Å²) in [5, 5.41) is 3.94. The van der Waals surface area contributed by atoms with Gasteiger partial charge in [0, 0.05) is 31.9 Å². The van der Waals surface area contributed by atoms with E-state index in [-0.39, 0.29) is 6.03 Å². The highest BCUT2D eigenvalue weighted by Gasteiger charge is 2.24. The Kier molecular flexibility index (Phi) is 5.94. The Balaban J connectivity index is 1.38. The number of rotatable bonds is 5. The second kappa shape index (κ2) is 8.79. The quantitative estimate of drug-likeness (QED) is 0.656. The van der Waals surface area contributed by atoms with Crippen LogP contribution in [0.15, 0.2) is 36.4 Å².